The molecule has 0 saturated carbocycles. The zero-order valence-corrected chi connectivity index (χ0v) is 15.6. The average molecular weight is 378 g/mol. The second-order valence-electron chi connectivity index (χ2n) is 6.15. The number of likely N-dealkylation sites (tertiary alicyclic amines) is 1. The lowest BCUT2D eigenvalue weighted by molar-refractivity contribution is -0.149. The number of carbonyl (C=O) groups excluding carboxylic acids is 2. The normalized spacial score (nSPS) is 18.0. The summed E-state index contributed by atoms with van der Waals surface area (Å²) in [6, 6.07) is 8.02. The van der Waals surface area contributed by atoms with E-state index >= 15 is 0 Å². The van der Waals surface area contributed by atoms with Gasteiger partial charge in [0.25, 0.3) is 5.91 Å². The fourth-order valence-electron chi connectivity index (χ4n) is 3.02. The van der Waals surface area contributed by atoms with Crippen LogP contribution in [-0.2, 0) is 14.3 Å². The van der Waals surface area contributed by atoms with Crippen molar-refractivity contribution in [3.63, 3.8) is 0 Å². The number of esters is 1. The van der Waals surface area contributed by atoms with Gasteiger partial charge in [-0.3, -0.25) is 4.79 Å². The number of piperidine rings is 1. The molecule has 25 heavy (non-hydrogen) atoms. The van der Waals surface area contributed by atoms with Gasteiger partial charge in [0.15, 0.2) is 6.61 Å². The lowest BCUT2D eigenvalue weighted by Crippen LogP contribution is -2.44. The van der Waals surface area contributed by atoms with Crippen molar-refractivity contribution in [1.82, 2.24) is 4.90 Å². The number of benzene rings is 1. The van der Waals surface area contributed by atoms with E-state index in [4.69, 9.17) is 16.3 Å². The molecule has 3 rings (SSSR count). The predicted octanol–water partition coefficient (Wildman–Crippen LogP) is 4.51. The van der Waals surface area contributed by atoms with Crippen LogP contribution < -0.4 is 0 Å². The molecule has 1 aliphatic rings. The van der Waals surface area contributed by atoms with E-state index in [0.717, 1.165) is 40.8 Å². The highest BCUT2D eigenvalue weighted by Crippen LogP contribution is 2.35. The van der Waals surface area contributed by atoms with E-state index in [2.05, 4.69) is 0 Å². The van der Waals surface area contributed by atoms with Gasteiger partial charge < -0.3 is 9.64 Å². The summed E-state index contributed by atoms with van der Waals surface area (Å²) < 4.78 is 6.15. The average Bonchev–Trinajstić information content (AvgIpc) is 2.94. The van der Waals surface area contributed by atoms with Crippen LogP contribution in [0.5, 0.6) is 0 Å². The molecule has 6 heteroatoms. The van der Waals surface area contributed by atoms with Gasteiger partial charge in [0.2, 0.25) is 0 Å². The molecular weight excluding hydrogens is 358 g/mol. The second-order valence-corrected chi connectivity index (χ2v) is 7.61. The van der Waals surface area contributed by atoms with Crippen molar-refractivity contribution in [2.24, 2.45) is 0 Å². The lowest BCUT2D eigenvalue weighted by Gasteiger charge is -2.33. The van der Waals surface area contributed by atoms with E-state index in [1.807, 2.05) is 31.2 Å². The topological polar surface area (TPSA) is 46.6 Å². The van der Waals surface area contributed by atoms with Crippen LogP contribution in [0.3, 0.4) is 0 Å². The van der Waals surface area contributed by atoms with E-state index in [9.17, 15) is 9.59 Å². The van der Waals surface area contributed by atoms with Crippen LogP contribution in [0.2, 0.25) is 5.02 Å². The Morgan fingerprint density at radius 3 is 2.92 bits per heavy atom. The number of nitrogens with zero attached hydrogens (tertiary/aromatic N) is 1. The second kappa shape index (κ2) is 8.02. The molecule has 0 unspecified atom stereocenters. The Morgan fingerprint density at radius 1 is 1.36 bits per heavy atom. The minimum atomic E-state index is -0.536. The summed E-state index contributed by atoms with van der Waals surface area (Å²) in [7, 11) is 0. The third-order valence-corrected chi connectivity index (χ3v) is 6.05. The zero-order chi connectivity index (χ0) is 17.8. The van der Waals surface area contributed by atoms with E-state index < -0.39 is 5.97 Å². The Bertz CT molecular complexity index is 814. The molecule has 1 aromatic carbocycles. The van der Waals surface area contributed by atoms with Gasteiger partial charge in [-0.15, -0.1) is 11.3 Å². The van der Waals surface area contributed by atoms with Crippen LogP contribution in [0.15, 0.2) is 30.3 Å². The summed E-state index contributed by atoms with van der Waals surface area (Å²) in [4.78, 5) is 26.7. The number of thiophene rings is 1. The van der Waals surface area contributed by atoms with Gasteiger partial charge in [0, 0.05) is 33.6 Å². The predicted molar refractivity (Wildman–Crippen MR) is 102 cm³/mol. The number of hydrogen-bond acceptors (Lipinski definition) is 4. The molecule has 1 amide bonds. The Kier molecular flexibility index (Phi) is 5.76. The smallest absolute Gasteiger partial charge is 0.331 e. The van der Waals surface area contributed by atoms with Crippen molar-refractivity contribution in [2.45, 2.75) is 32.2 Å². The van der Waals surface area contributed by atoms with Crippen molar-refractivity contribution in [2.75, 3.05) is 13.2 Å². The molecule has 4 nitrogen and oxygen atoms in total. The van der Waals surface area contributed by atoms with Gasteiger partial charge in [-0.1, -0.05) is 29.8 Å². The summed E-state index contributed by atoms with van der Waals surface area (Å²) in [5.41, 5.74) is 0. The number of amides is 1. The molecule has 2 aromatic rings. The standard InChI is InChI=1S/C19H20ClNO3S/c1-13-6-4-5-11-21(13)17(22)12-24-18(23)10-9-16-19(20)14-7-2-3-8-15(14)25-16/h2-3,7-10,13H,4-6,11-12H2,1H3/b10-9+/t13-/m1/s1. The van der Waals surface area contributed by atoms with Crippen LogP contribution in [0, 0.1) is 0 Å². The van der Waals surface area contributed by atoms with Gasteiger partial charge in [-0.2, -0.15) is 0 Å². The van der Waals surface area contributed by atoms with E-state index in [-0.39, 0.29) is 18.6 Å². The van der Waals surface area contributed by atoms with Crippen molar-refractivity contribution in [1.29, 1.82) is 0 Å². The van der Waals surface area contributed by atoms with Gasteiger partial charge in [-0.25, -0.2) is 4.79 Å². The minimum Gasteiger partial charge on any atom is -0.452 e. The number of ether oxygens (including phenoxy) is 1. The number of halogens is 1. The maximum absolute atomic E-state index is 12.2. The van der Waals surface area contributed by atoms with Crippen LogP contribution in [0.4, 0.5) is 0 Å². The fourth-order valence-corrected chi connectivity index (χ4v) is 4.42. The molecule has 132 valence electrons. The Balaban J connectivity index is 1.57. The number of rotatable bonds is 4. The van der Waals surface area contributed by atoms with Gasteiger partial charge in [-0.05, 0) is 38.3 Å². The minimum absolute atomic E-state index is 0.131. The lowest BCUT2D eigenvalue weighted by atomic mass is 10.0. The van der Waals surface area contributed by atoms with Gasteiger partial charge in [0.1, 0.15) is 0 Å². The summed E-state index contributed by atoms with van der Waals surface area (Å²) in [5, 5.41) is 1.60. The molecule has 1 saturated heterocycles. The summed E-state index contributed by atoms with van der Waals surface area (Å²) in [5.74, 6) is -0.666. The van der Waals surface area contributed by atoms with Crippen LogP contribution in [0.25, 0.3) is 16.2 Å². The first-order valence-corrected chi connectivity index (χ1v) is 9.57. The molecule has 1 aromatic heterocycles. The van der Waals surface area contributed by atoms with E-state index in [0.29, 0.717) is 5.02 Å². The molecule has 1 atom stereocenters. The molecule has 0 N–H and O–H groups in total. The highest BCUT2D eigenvalue weighted by molar-refractivity contribution is 7.20. The Hall–Kier alpha value is -1.85. The first-order valence-electron chi connectivity index (χ1n) is 8.37. The molecule has 0 spiro atoms. The first-order chi connectivity index (χ1) is 12.1. The van der Waals surface area contributed by atoms with E-state index in [1.54, 1.807) is 11.0 Å². The van der Waals surface area contributed by atoms with Crippen molar-refractivity contribution < 1.29 is 14.3 Å². The van der Waals surface area contributed by atoms with Crippen molar-refractivity contribution in [3.05, 3.63) is 40.2 Å². The molecule has 1 fully saturated rings. The number of hydrogen-bond donors (Lipinski definition) is 0. The van der Waals surface area contributed by atoms with Crippen molar-refractivity contribution >= 4 is 51.0 Å². The molecular formula is C19H20ClNO3S. The monoisotopic (exact) mass is 377 g/mol. The summed E-state index contributed by atoms with van der Waals surface area (Å²) in [6.45, 7) is 2.56. The highest BCUT2D eigenvalue weighted by atomic mass is 35.5. The third kappa shape index (κ3) is 4.22. The zero-order valence-electron chi connectivity index (χ0n) is 14.0. The number of fused-ring (bicyclic) bond motifs is 1. The summed E-state index contributed by atoms with van der Waals surface area (Å²) >= 11 is 7.84. The largest absolute Gasteiger partial charge is 0.452 e. The number of carbonyl (C=O) groups is 2. The molecule has 1 aliphatic heterocycles. The highest BCUT2D eigenvalue weighted by Gasteiger charge is 2.23. The molecule has 2 heterocycles. The van der Waals surface area contributed by atoms with E-state index in [1.165, 1.54) is 17.4 Å². The quantitative estimate of drug-likeness (QED) is 0.581. The SMILES string of the molecule is C[C@@H]1CCCCN1C(=O)COC(=O)/C=C/c1sc2ccccc2c1Cl. The van der Waals surface area contributed by atoms with Gasteiger partial charge >= 0.3 is 5.97 Å². The third-order valence-electron chi connectivity index (χ3n) is 4.39. The molecule has 0 radical (unpaired) electrons. The van der Waals surface area contributed by atoms with Crippen LogP contribution in [-0.4, -0.2) is 36.0 Å². The maximum Gasteiger partial charge on any atom is 0.331 e. The Morgan fingerprint density at radius 2 is 2.16 bits per heavy atom. The molecule has 0 bridgehead atoms. The summed E-state index contributed by atoms with van der Waals surface area (Å²) in [6.07, 6.45) is 6.12. The Labute approximate surface area is 156 Å². The first kappa shape index (κ1) is 18.0. The van der Waals surface area contributed by atoms with Crippen molar-refractivity contribution in [3.8, 4) is 0 Å². The fraction of sp³-hybridized carbons (Fsp3) is 0.368. The van der Waals surface area contributed by atoms with Crippen LogP contribution in [0.1, 0.15) is 31.1 Å². The maximum atomic E-state index is 12.2. The molecule has 0 aliphatic carbocycles. The van der Waals surface area contributed by atoms with Crippen LogP contribution >= 0.6 is 22.9 Å². The van der Waals surface area contributed by atoms with Gasteiger partial charge in [0.05, 0.1) is 5.02 Å².